The molecule has 5 nitrogen and oxygen atoms in total. The normalized spacial score (nSPS) is 9.33. The van der Waals surface area contributed by atoms with E-state index in [2.05, 4.69) is 19.9 Å². The van der Waals surface area contributed by atoms with Gasteiger partial charge in [0.2, 0.25) is 0 Å². The number of halogens is 1. The highest BCUT2D eigenvalue weighted by Crippen LogP contribution is 2.08. The Balaban J connectivity index is 0.000000720. The van der Waals surface area contributed by atoms with Crippen LogP contribution in [-0.2, 0) is 0 Å². The van der Waals surface area contributed by atoms with Crippen molar-refractivity contribution in [1.82, 2.24) is 19.9 Å². The maximum Gasteiger partial charge on any atom is 0.183 e. The van der Waals surface area contributed by atoms with Crippen molar-refractivity contribution in [2.75, 3.05) is 5.73 Å². The summed E-state index contributed by atoms with van der Waals surface area (Å²) in [6.45, 7) is 0. The van der Waals surface area contributed by atoms with Crippen molar-refractivity contribution in [1.29, 1.82) is 0 Å². The Morgan fingerprint density at radius 3 is 2.50 bits per heavy atom. The summed E-state index contributed by atoms with van der Waals surface area (Å²) >= 11 is 0. The molecular weight excluding hydrogens is 178 g/mol. The van der Waals surface area contributed by atoms with Crippen LogP contribution in [0.5, 0.6) is 0 Å². The number of hydrogen-bond donors (Lipinski definition) is 1. The van der Waals surface area contributed by atoms with E-state index >= 15 is 0 Å². The number of fused-ring (bicyclic) bond motifs is 1. The van der Waals surface area contributed by atoms with Crippen molar-refractivity contribution >= 4 is 29.4 Å². The Morgan fingerprint density at radius 1 is 1.00 bits per heavy atom. The summed E-state index contributed by atoms with van der Waals surface area (Å²) in [4.78, 5) is 15.6. The molecule has 2 rings (SSSR count). The Kier molecular flexibility index (Phi) is 2.35. The van der Waals surface area contributed by atoms with E-state index in [4.69, 9.17) is 5.73 Å². The van der Waals surface area contributed by atoms with E-state index < -0.39 is 0 Å². The second-order valence-corrected chi connectivity index (χ2v) is 1.99. The maximum atomic E-state index is 5.50. The molecule has 0 fully saturated rings. The average molecular weight is 184 g/mol. The summed E-state index contributed by atoms with van der Waals surface area (Å²) in [5.74, 6) is 0.364. The molecule has 6 heteroatoms. The standard InChI is InChI=1S/C6H5N5.ClH/c7-5-4-6(11-3-10-5)9-2-1-8-4;/h1-3H,(H2,7,9,10,11);1H. The highest BCUT2D eigenvalue weighted by atomic mass is 35.5. The fourth-order valence-electron chi connectivity index (χ4n) is 0.813. The van der Waals surface area contributed by atoms with Crippen molar-refractivity contribution in [2.24, 2.45) is 0 Å². The number of rotatable bonds is 0. The van der Waals surface area contributed by atoms with Crippen LogP contribution in [0, 0.1) is 0 Å². The summed E-state index contributed by atoms with van der Waals surface area (Å²) < 4.78 is 0. The van der Waals surface area contributed by atoms with Crippen molar-refractivity contribution < 1.29 is 0 Å². The molecule has 0 radical (unpaired) electrons. The Hall–Kier alpha value is -1.49. The number of aromatic nitrogens is 4. The lowest BCUT2D eigenvalue weighted by Gasteiger charge is -1.94. The molecule has 0 unspecified atom stereocenters. The van der Waals surface area contributed by atoms with Crippen LogP contribution in [0.25, 0.3) is 11.2 Å². The second kappa shape index (κ2) is 3.27. The number of nitrogen functional groups attached to an aromatic ring is 1. The molecule has 0 atom stereocenters. The Bertz CT molecular complexity index is 385. The molecule has 2 aromatic rings. The van der Waals surface area contributed by atoms with Gasteiger partial charge in [0, 0.05) is 12.4 Å². The van der Waals surface area contributed by atoms with Crippen molar-refractivity contribution in [3.05, 3.63) is 18.7 Å². The third kappa shape index (κ3) is 1.26. The summed E-state index contributed by atoms with van der Waals surface area (Å²) in [7, 11) is 0. The molecule has 0 aliphatic heterocycles. The van der Waals surface area contributed by atoms with Crippen LogP contribution in [0.4, 0.5) is 5.82 Å². The van der Waals surface area contributed by atoms with Crippen LogP contribution in [-0.4, -0.2) is 19.9 Å². The number of nitrogens with two attached hydrogens (primary N) is 1. The zero-order chi connectivity index (χ0) is 7.68. The van der Waals surface area contributed by atoms with Crippen LogP contribution in [0.15, 0.2) is 18.7 Å². The minimum atomic E-state index is 0. The molecule has 62 valence electrons. The van der Waals surface area contributed by atoms with E-state index in [-0.39, 0.29) is 12.4 Å². The van der Waals surface area contributed by atoms with Gasteiger partial charge in [-0.25, -0.2) is 19.9 Å². The van der Waals surface area contributed by atoms with Crippen molar-refractivity contribution in [3.8, 4) is 0 Å². The molecule has 0 aliphatic rings. The molecule has 0 amide bonds. The SMILES string of the molecule is Cl.Nc1ncnc2nccnc12. The quantitative estimate of drug-likeness (QED) is 0.641. The molecule has 2 N–H and O–H groups in total. The predicted octanol–water partition coefficient (Wildman–Crippen LogP) is 0.424. The summed E-state index contributed by atoms with van der Waals surface area (Å²) in [6, 6.07) is 0. The predicted molar refractivity (Wildman–Crippen MR) is 46.8 cm³/mol. The highest BCUT2D eigenvalue weighted by Gasteiger charge is 1.98. The van der Waals surface area contributed by atoms with Gasteiger partial charge in [-0.2, -0.15) is 0 Å². The minimum absolute atomic E-state index is 0. The first-order valence-corrected chi connectivity index (χ1v) is 3.05. The van der Waals surface area contributed by atoms with E-state index in [1.807, 2.05) is 0 Å². The van der Waals surface area contributed by atoms with E-state index in [0.717, 1.165) is 0 Å². The van der Waals surface area contributed by atoms with E-state index in [1.165, 1.54) is 6.33 Å². The molecular formula is C6H6ClN5. The first-order chi connectivity index (χ1) is 5.38. The van der Waals surface area contributed by atoms with Crippen molar-refractivity contribution in [2.45, 2.75) is 0 Å². The molecule has 0 aliphatic carbocycles. The largest absolute Gasteiger partial charge is 0.382 e. The Morgan fingerprint density at radius 2 is 1.75 bits per heavy atom. The van der Waals surface area contributed by atoms with Gasteiger partial charge < -0.3 is 5.73 Å². The minimum Gasteiger partial charge on any atom is -0.382 e. The first-order valence-electron chi connectivity index (χ1n) is 3.05. The maximum absolute atomic E-state index is 5.50. The van der Waals surface area contributed by atoms with Gasteiger partial charge >= 0.3 is 0 Å². The third-order valence-electron chi connectivity index (χ3n) is 1.30. The first kappa shape index (κ1) is 8.61. The zero-order valence-corrected chi connectivity index (χ0v) is 6.82. The molecule has 0 saturated heterocycles. The van der Waals surface area contributed by atoms with E-state index in [9.17, 15) is 0 Å². The van der Waals surface area contributed by atoms with Gasteiger partial charge in [0.15, 0.2) is 11.5 Å². The Labute approximate surface area is 74.5 Å². The summed E-state index contributed by atoms with van der Waals surface area (Å²) in [6.07, 6.45) is 4.49. The van der Waals surface area contributed by atoms with Gasteiger partial charge in [-0.1, -0.05) is 0 Å². The lowest BCUT2D eigenvalue weighted by atomic mass is 10.5. The van der Waals surface area contributed by atoms with Gasteiger partial charge in [-0.3, -0.25) is 0 Å². The zero-order valence-electron chi connectivity index (χ0n) is 6.01. The smallest absolute Gasteiger partial charge is 0.183 e. The van der Waals surface area contributed by atoms with Crippen LogP contribution in [0.1, 0.15) is 0 Å². The van der Waals surface area contributed by atoms with Gasteiger partial charge in [0.05, 0.1) is 0 Å². The lowest BCUT2D eigenvalue weighted by Crippen LogP contribution is -1.95. The molecule has 0 aromatic carbocycles. The van der Waals surface area contributed by atoms with Crippen LogP contribution in [0.3, 0.4) is 0 Å². The summed E-state index contributed by atoms with van der Waals surface area (Å²) in [5, 5.41) is 0. The molecule has 2 heterocycles. The second-order valence-electron chi connectivity index (χ2n) is 1.99. The molecule has 2 aromatic heterocycles. The van der Waals surface area contributed by atoms with E-state index in [0.29, 0.717) is 17.0 Å². The number of anilines is 1. The van der Waals surface area contributed by atoms with E-state index in [1.54, 1.807) is 12.4 Å². The fourth-order valence-corrected chi connectivity index (χ4v) is 0.813. The van der Waals surface area contributed by atoms with Crippen LogP contribution in [0.2, 0.25) is 0 Å². The monoisotopic (exact) mass is 183 g/mol. The van der Waals surface area contributed by atoms with Gasteiger partial charge in [0.1, 0.15) is 11.8 Å². The molecule has 0 spiro atoms. The molecule has 0 saturated carbocycles. The third-order valence-corrected chi connectivity index (χ3v) is 1.30. The van der Waals surface area contributed by atoms with Crippen LogP contribution < -0.4 is 5.73 Å². The van der Waals surface area contributed by atoms with Gasteiger partial charge in [-0.05, 0) is 0 Å². The summed E-state index contributed by atoms with van der Waals surface area (Å²) in [5.41, 5.74) is 6.58. The highest BCUT2D eigenvalue weighted by molar-refractivity contribution is 5.85. The topological polar surface area (TPSA) is 77.6 Å². The van der Waals surface area contributed by atoms with Crippen molar-refractivity contribution in [3.63, 3.8) is 0 Å². The van der Waals surface area contributed by atoms with Gasteiger partial charge in [0.25, 0.3) is 0 Å². The number of nitrogens with zero attached hydrogens (tertiary/aromatic N) is 4. The van der Waals surface area contributed by atoms with Gasteiger partial charge in [-0.15, -0.1) is 12.4 Å². The average Bonchev–Trinajstić information content (AvgIpc) is 2.06. The fraction of sp³-hybridized carbons (Fsp3) is 0. The number of hydrogen-bond acceptors (Lipinski definition) is 5. The lowest BCUT2D eigenvalue weighted by molar-refractivity contribution is 1.15. The van der Waals surface area contributed by atoms with Crippen LogP contribution >= 0.6 is 12.4 Å². The molecule has 12 heavy (non-hydrogen) atoms. The molecule has 0 bridgehead atoms.